The number of rotatable bonds is 8. The van der Waals surface area contributed by atoms with Crippen molar-refractivity contribution in [3.8, 4) is 0 Å². The topological polar surface area (TPSA) is 66.4 Å². The Morgan fingerprint density at radius 3 is 2.33 bits per heavy atom. The zero-order chi connectivity index (χ0) is 15.8. The van der Waals surface area contributed by atoms with Crippen LogP contribution in [-0.2, 0) is 16.0 Å². The molecule has 3 unspecified atom stereocenters. The van der Waals surface area contributed by atoms with Crippen molar-refractivity contribution >= 4 is 11.9 Å². The van der Waals surface area contributed by atoms with E-state index in [1.165, 1.54) is 0 Å². The number of carbonyl (C=O) groups is 2. The van der Waals surface area contributed by atoms with Crippen molar-refractivity contribution in [2.24, 2.45) is 17.8 Å². The molecule has 3 atom stereocenters. The Balaban J connectivity index is 2.56. The second-order valence-corrected chi connectivity index (χ2v) is 5.64. The molecule has 116 valence electrons. The Morgan fingerprint density at radius 2 is 1.81 bits per heavy atom. The van der Waals surface area contributed by atoms with Crippen LogP contribution in [0.25, 0.3) is 0 Å². The molecule has 21 heavy (non-hydrogen) atoms. The van der Waals surface area contributed by atoms with Crippen molar-refractivity contribution in [2.75, 3.05) is 6.54 Å². The van der Waals surface area contributed by atoms with Crippen molar-refractivity contribution in [3.63, 3.8) is 0 Å². The minimum Gasteiger partial charge on any atom is -0.481 e. The summed E-state index contributed by atoms with van der Waals surface area (Å²) in [6.07, 6.45) is 1.36. The van der Waals surface area contributed by atoms with Gasteiger partial charge in [0.15, 0.2) is 0 Å². The molecule has 1 aromatic rings. The van der Waals surface area contributed by atoms with Gasteiger partial charge in [0.25, 0.3) is 0 Å². The third kappa shape index (κ3) is 5.58. The summed E-state index contributed by atoms with van der Waals surface area (Å²) in [5.41, 5.74) is 0.967. The van der Waals surface area contributed by atoms with E-state index in [0.717, 1.165) is 12.0 Å². The van der Waals surface area contributed by atoms with Crippen LogP contribution in [-0.4, -0.2) is 23.5 Å². The normalized spacial score (nSPS) is 15.0. The van der Waals surface area contributed by atoms with Crippen molar-refractivity contribution in [3.05, 3.63) is 35.9 Å². The third-order valence-corrected chi connectivity index (χ3v) is 4.11. The van der Waals surface area contributed by atoms with Gasteiger partial charge in [-0.05, 0) is 17.9 Å². The van der Waals surface area contributed by atoms with E-state index in [9.17, 15) is 14.7 Å². The number of nitrogens with one attached hydrogen (secondary N) is 1. The summed E-state index contributed by atoms with van der Waals surface area (Å²) in [5.74, 6) is -1.34. The number of carbonyl (C=O) groups excluding carboxylic acids is 1. The van der Waals surface area contributed by atoms with Crippen molar-refractivity contribution in [1.29, 1.82) is 0 Å². The maximum absolute atomic E-state index is 12.0. The molecule has 0 saturated heterocycles. The first-order valence-corrected chi connectivity index (χ1v) is 7.50. The second-order valence-electron chi connectivity index (χ2n) is 5.64. The molecular formula is C17H25NO3. The molecular weight excluding hydrogens is 266 g/mol. The summed E-state index contributed by atoms with van der Waals surface area (Å²) in [5, 5.41) is 12.1. The molecule has 0 aliphatic rings. The number of carboxylic acids is 1. The Hall–Kier alpha value is -1.84. The van der Waals surface area contributed by atoms with Gasteiger partial charge in [0.2, 0.25) is 5.91 Å². The molecule has 0 heterocycles. The van der Waals surface area contributed by atoms with Crippen LogP contribution in [0.3, 0.4) is 0 Å². The van der Waals surface area contributed by atoms with E-state index in [1.807, 2.05) is 51.1 Å². The first-order valence-electron chi connectivity index (χ1n) is 7.50. The van der Waals surface area contributed by atoms with Crippen molar-refractivity contribution < 1.29 is 14.7 Å². The fraction of sp³-hybridized carbons (Fsp3) is 0.529. The molecule has 4 heteroatoms. The van der Waals surface area contributed by atoms with Crippen LogP contribution in [0.2, 0.25) is 0 Å². The third-order valence-electron chi connectivity index (χ3n) is 4.11. The lowest BCUT2D eigenvalue weighted by Gasteiger charge is -2.19. The maximum Gasteiger partial charge on any atom is 0.308 e. The molecule has 0 aliphatic carbocycles. The van der Waals surface area contributed by atoms with Gasteiger partial charge in [-0.15, -0.1) is 0 Å². The van der Waals surface area contributed by atoms with Crippen LogP contribution in [0, 0.1) is 17.8 Å². The first kappa shape index (κ1) is 17.2. The summed E-state index contributed by atoms with van der Waals surface area (Å²) >= 11 is 0. The second kappa shape index (κ2) is 8.45. The predicted molar refractivity (Wildman–Crippen MR) is 82.9 cm³/mol. The largest absolute Gasteiger partial charge is 0.481 e. The Kier molecular flexibility index (Phi) is 6.92. The quantitative estimate of drug-likeness (QED) is 0.774. The monoisotopic (exact) mass is 291 g/mol. The smallest absolute Gasteiger partial charge is 0.308 e. The van der Waals surface area contributed by atoms with Crippen LogP contribution < -0.4 is 5.32 Å². The minimum atomic E-state index is -0.879. The molecule has 2 N–H and O–H groups in total. The van der Waals surface area contributed by atoms with Gasteiger partial charge in [0.1, 0.15) is 0 Å². The van der Waals surface area contributed by atoms with E-state index in [2.05, 4.69) is 5.32 Å². The van der Waals surface area contributed by atoms with Crippen molar-refractivity contribution in [2.45, 2.75) is 33.6 Å². The number of benzene rings is 1. The van der Waals surface area contributed by atoms with Gasteiger partial charge in [-0.25, -0.2) is 0 Å². The standard InChI is InChI=1S/C17H25NO3/c1-4-12(2)13(3)16(19)18-11-15(17(20)21)10-14-8-6-5-7-9-14/h5-9,12-13,15H,4,10-11H2,1-3H3,(H,18,19)(H,20,21). The van der Waals surface area contributed by atoms with E-state index in [1.54, 1.807) is 0 Å². The molecule has 0 aromatic heterocycles. The highest BCUT2D eigenvalue weighted by Crippen LogP contribution is 2.15. The van der Waals surface area contributed by atoms with Gasteiger partial charge in [-0.1, -0.05) is 57.5 Å². The average molecular weight is 291 g/mol. The van der Waals surface area contributed by atoms with Gasteiger partial charge < -0.3 is 10.4 Å². The van der Waals surface area contributed by atoms with Gasteiger partial charge in [-0.2, -0.15) is 0 Å². The number of carboxylic acid groups (broad SMARTS) is 1. The van der Waals surface area contributed by atoms with Crippen LogP contribution >= 0.6 is 0 Å². The zero-order valence-electron chi connectivity index (χ0n) is 13.0. The number of hydrogen-bond donors (Lipinski definition) is 2. The summed E-state index contributed by atoms with van der Waals surface area (Å²) in [6.45, 7) is 6.13. The van der Waals surface area contributed by atoms with E-state index >= 15 is 0 Å². The Morgan fingerprint density at radius 1 is 1.19 bits per heavy atom. The van der Waals surface area contributed by atoms with Gasteiger partial charge in [0, 0.05) is 12.5 Å². The molecule has 0 spiro atoms. The van der Waals surface area contributed by atoms with E-state index in [4.69, 9.17) is 0 Å². The highest BCUT2D eigenvalue weighted by Gasteiger charge is 2.22. The van der Waals surface area contributed by atoms with E-state index in [0.29, 0.717) is 12.3 Å². The Bertz CT molecular complexity index is 458. The maximum atomic E-state index is 12.0. The summed E-state index contributed by atoms with van der Waals surface area (Å²) in [4.78, 5) is 23.3. The minimum absolute atomic E-state index is 0.0661. The van der Waals surface area contributed by atoms with Gasteiger partial charge in [0.05, 0.1) is 5.92 Å². The Labute approximate surface area is 126 Å². The van der Waals surface area contributed by atoms with E-state index in [-0.39, 0.29) is 18.4 Å². The fourth-order valence-electron chi connectivity index (χ4n) is 2.14. The molecule has 1 rings (SSSR count). The molecule has 0 saturated carbocycles. The van der Waals surface area contributed by atoms with Crippen LogP contribution in [0.15, 0.2) is 30.3 Å². The molecule has 1 aromatic carbocycles. The van der Waals surface area contributed by atoms with Crippen LogP contribution in [0.5, 0.6) is 0 Å². The van der Waals surface area contributed by atoms with Crippen LogP contribution in [0.1, 0.15) is 32.8 Å². The van der Waals surface area contributed by atoms with Crippen LogP contribution in [0.4, 0.5) is 0 Å². The SMILES string of the molecule is CCC(C)C(C)C(=O)NCC(Cc1ccccc1)C(=O)O. The average Bonchev–Trinajstić information content (AvgIpc) is 2.50. The highest BCUT2D eigenvalue weighted by atomic mass is 16.4. The molecule has 0 bridgehead atoms. The summed E-state index contributed by atoms with van der Waals surface area (Å²) in [7, 11) is 0. The number of hydrogen-bond acceptors (Lipinski definition) is 2. The highest BCUT2D eigenvalue weighted by molar-refractivity contribution is 5.79. The van der Waals surface area contributed by atoms with Crippen molar-refractivity contribution in [1.82, 2.24) is 5.32 Å². The molecule has 1 amide bonds. The lowest BCUT2D eigenvalue weighted by molar-refractivity contribution is -0.141. The summed E-state index contributed by atoms with van der Waals surface area (Å²) in [6, 6.07) is 9.48. The van der Waals surface area contributed by atoms with E-state index < -0.39 is 11.9 Å². The predicted octanol–water partition coefficient (Wildman–Crippen LogP) is 2.73. The first-order chi connectivity index (χ1) is 9.95. The summed E-state index contributed by atoms with van der Waals surface area (Å²) < 4.78 is 0. The lowest BCUT2D eigenvalue weighted by atomic mass is 9.92. The molecule has 0 aliphatic heterocycles. The number of aliphatic carboxylic acids is 1. The molecule has 4 nitrogen and oxygen atoms in total. The molecule has 0 radical (unpaired) electrons. The zero-order valence-corrected chi connectivity index (χ0v) is 13.0. The number of amides is 1. The lowest BCUT2D eigenvalue weighted by Crippen LogP contribution is -2.38. The van der Waals surface area contributed by atoms with Gasteiger partial charge in [-0.3, -0.25) is 9.59 Å². The fourth-order valence-corrected chi connectivity index (χ4v) is 2.14. The van der Waals surface area contributed by atoms with Gasteiger partial charge >= 0.3 is 5.97 Å². The molecule has 0 fully saturated rings.